The zero-order valence-electron chi connectivity index (χ0n) is 14.0. The number of hydrogen-bond acceptors (Lipinski definition) is 3. The molecule has 2 aromatic carbocycles. The Labute approximate surface area is 156 Å². The summed E-state index contributed by atoms with van der Waals surface area (Å²) < 4.78 is 38.8. The molecule has 5 nitrogen and oxygen atoms in total. The summed E-state index contributed by atoms with van der Waals surface area (Å²) in [6.45, 7) is 0.183. The van der Waals surface area contributed by atoms with Crippen LogP contribution in [0.15, 0.2) is 48.5 Å². The summed E-state index contributed by atoms with van der Waals surface area (Å²) in [4.78, 5) is 12.0. The Morgan fingerprint density at radius 1 is 1.19 bits per heavy atom. The Morgan fingerprint density at radius 2 is 1.88 bits per heavy atom. The molecule has 0 unspecified atom stereocenters. The van der Waals surface area contributed by atoms with Crippen LogP contribution in [0.3, 0.4) is 0 Å². The van der Waals surface area contributed by atoms with Crippen LogP contribution in [0.4, 0.5) is 4.39 Å². The Morgan fingerprint density at radius 3 is 2.54 bits per heavy atom. The molecule has 2 N–H and O–H groups in total. The summed E-state index contributed by atoms with van der Waals surface area (Å²) in [5.74, 6) is -1.06. The quantitative estimate of drug-likeness (QED) is 0.706. The van der Waals surface area contributed by atoms with Crippen molar-refractivity contribution in [2.75, 3.05) is 7.05 Å². The molecule has 8 heteroatoms. The molecule has 1 amide bonds. The van der Waals surface area contributed by atoms with E-state index >= 15 is 0 Å². The molecule has 0 fully saturated rings. The maximum atomic E-state index is 13.1. The average Bonchev–Trinajstić information content (AvgIpc) is 2.61. The van der Waals surface area contributed by atoms with Gasteiger partial charge in [0.15, 0.2) is 0 Å². The molecule has 0 atom stereocenters. The van der Waals surface area contributed by atoms with Crippen molar-refractivity contribution >= 4 is 33.6 Å². The van der Waals surface area contributed by atoms with Gasteiger partial charge in [0, 0.05) is 12.6 Å². The van der Waals surface area contributed by atoms with Gasteiger partial charge in [-0.2, -0.15) is 0 Å². The van der Waals surface area contributed by atoms with Crippen LogP contribution >= 0.6 is 11.6 Å². The average molecular weight is 397 g/mol. The molecule has 0 bridgehead atoms. The lowest BCUT2D eigenvalue weighted by molar-refractivity contribution is -0.116. The lowest BCUT2D eigenvalue weighted by Crippen LogP contribution is -2.24. The van der Waals surface area contributed by atoms with E-state index in [-0.39, 0.29) is 23.2 Å². The van der Waals surface area contributed by atoms with Crippen molar-refractivity contribution in [3.8, 4) is 0 Å². The summed E-state index contributed by atoms with van der Waals surface area (Å²) in [6, 6.07) is 11.1. The normalized spacial score (nSPS) is 11.7. The Kier molecular flexibility index (Phi) is 6.90. The molecule has 0 aliphatic carbocycles. The topological polar surface area (TPSA) is 75.3 Å². The van der Waals surface area contributed by atoms with Gasteiger partial charge in [-0.25, -0.2) is 17.5 Å². The van der Waals surface area contributed by atoms with Crippen molar-refractivity contribution < 1.29 is 17.6 Å². The summed E-state index contributed by atoms with van der Waals surface area (Å²) in [5, 5.41) is 2.67. The molecule has 0 aliphatic rings. The molecule has 0 radical (unpaired) electrons. The van der Waals surface area contributed by atoms with E-state index in [0.717, 1.165) is 0 Å². The van der Waals surface area contributed by atoms with Crippen molar-refractivity contribution in [3.63, 3.8) is 0 Å². The Bertz CT molecular complexity index is 930. The number of carbonyl (C=O) groups is 1. The summed E-state index contributed by atoms with van der Waals surface area (Å²) in [6.07, 6.45) is 2.81. The van der Waals surface area contributed by atoms with Gasteiger partial charge >= 0.3 is 0 Å². The van der Waals surface area contributed by atoms with Gasteiger partial charge in [-0.3, -0.25) is 4.79 Å². The van der Waals surface area contributed by atoms with Crippen LogP contribution in [0.25, 0.3) is 6.08 Å². The number of sulfonamides is 1. The number of hydrogen-bond donors (Lipinski definition) is 2. The number of carbonyl (C=O) groups excluding carboxylic acids is 1. The maximum absolute atomic E-state index is 13.1. The van der Waals surface area contributed by atoms with Gasteiger partial charge in [-0.15, -0.1) is 0 Å². The van der Waals surface area contributed by atoms with E-state index < -0.39 is 15.8 Å². The van der Waals surface area contributed by atoms with Crippen LogP contribution in [0, 0.1) is 5.82 Å². The first-order valence-corrected chi connectivity index (χ1v) is 9.73. The standard InChI is InChI=1S/C18H18ClFN2O3S/c1-21-26(24,25)12-15-5-3-2-4-14(15)11-22-18(23)9-7-13-6-8-17(20)16(19)10-13/h2-10,21H,11-12H2,1H3,(H,22,23)/b9-7+. The molecule has 2 aromatic rings. The van der Waals surface area contributed by atoms with Crippen LogP contribution < -0.4 is 10.0 Å². The fraction of sp³-hybridized carbons (Fsp3) is 0.167. The van der Waals surface area contributed by atoms with Gasteiger partial charge < -0.3 is 5.32 Å². The van der Waals surface area contributed by atoms with Crippen LogP contribution in [0.2, 0.25) is 5.02 Å². The molecule has 26 heavy (non-hydrogen) atoms. The third-order valence-corrected chi connectivity index (χ3v) is 5.20. The highest BCUT2D eigenvalue weighted by molar-refractivity contribution is 7.88. The SMILES string of the molecule is CNS(=O)(=O)Cc1ccccc1CNC(=O)/C=C/c1ccc(F)c(Cl)c1. The molecule has 0 aromatic heterocycles. The molecular weight excluding hydrogens is 379 g/mol. The lowest BCUT2D eigenvalue weighted by atomic mass is 10.1. The van der Waals surface area contributed by atoms with Gasteiger partial charge in [-0.1, -0.05) is 41.9 Å². The predicted molar refractivity (Wildman–Crippen MR) is 100 cm³/mol. The highest BCUT2D eigenvalue weighted by Crippen LogP contribution is 2.17. The summed E-state index contributed by atoms with van der Waals surface area (Å²) in [5.41, 5.74) is 1.90. The van der Waals surface area contributed by atoms with Crippen molar-refractivity contribution in [2.24, 2.45) is 0 Å². The predicted octanol–water partition coefficient (Wildman–Crippen LogP) is 2.86. The first-order chi connectivity index (χ1) is 12.3. The third-order valence-electron chi connectivity index (χ3n) is 3.60. The van der Waals surface area contributed by atoms with Gasteiger partial charge in [0.05, 0.1) is 10.8 Å². The van der Waals surface area contributed by atoms with E-state index in [1.54, 1.807) is 24.3 Å². The van der Waals surface area contributed by atoms with Crippen LogP contribution in [0.1, 0.15) is 16.7 Å². The lowest BCUT2D eigenvalue weighted by Gasteiger charge is -2.10. The molecule has 0 heterocycles. The molecule has 0 aliphatic heterocycles. The second-order valence-corrected chi connectivity index (χ2v) is 7.79. The van der Waals surface area contributed by atoms with E-state index in [1.165, 1.54) is 37.4 Å². The van der Waals surface area contributed by atoms with E-state index in [0.29, 0.717) is 16.7 Å². The fourth-order valence-corrected chi connectivity index (χ4v) is 3.20. The number of benzene rings is 2. The Balaban J connectivity index is 2.01. The van der Waals surface area contributed by atoms with Crippen LogP contribution in [-0.2, 0) is 27.1 Å². The van der Waals surface area contributed by atoms with Gasteiger partial charge in [0.25, 0.3) is 0 Å². The van der Waals surface area contributed by atoms with E-state index in [4.69, 9.17) is 11.6 Å². The molecule has 0 saturated carbocycles. The number of amides is 1. The smallest absolute Gasteiger partial charge is 0.244 e. The second-order valence-electron chi connectivity index (χ2n) is 5.46. The van der Waals surface area contributed by atoms with Gasteiger partial charge in [-0.05, 0) is 41.9 Å². The highest BCUT2D eigenvalue weighted by atomic mass is 35.5. The van der Waals surface area contributed by atoms with Crippen molar-refractivity contribution in [1.82, 2.24) is 10.0 Å². The minimum Gasteiger partial charge on any atom is -0.348 e. The van der Waals surface area contributed by atoms with Gasteiger partial charge in [0.1, 0.15) is 5.82 Å². The number of nitrogens with one attached hydrogen (secondary N) is 2. The van der Waals surface area contributed by atoms with Crippen molar-refractivity contribution in [3.05, 3.63) is 76.1 Å². The summed E-state index contributed by atoms with van der Waals surface area (Å²) >= 11 is 5.69. The minimum absolute atomic E-state index is 0.0211. The van der Waals surface area contributed by atoms with E-state index in [9.17, 15) is 17.6 Å². The third kappa shape index (κ3) is 5.94. The molecule has 2 rings (SSSR count). The monoisotopic (exact) mass is 396 g/mol. The van der Waals surface area contributed by atoms with E-state index in [1.807, 2.05) is 0 Å². The molecule has 0 saturated heterocycles. The molecule has 138 valence electrons. The zero-order valence-corrected chi connectivity index (χ0v) is 15.6. The minimum atomic E-state index is -3.41. The van der Waals surface area contributed by atoms with Crippen molar-refractivity contribution in [1.29, 1.82) is 0 Å². The first-order valence-electron chi connectivity index (χ1n) is 7.69. The zero-order chi connectivity index (χ0) is 19.2. The molecular formula is C18H18ClFN2O3S. The number of rotatable bonds is 7. The maximum Gasteiger partial charge on any atom is 0.244 e. The number of halogens is 2. The summed E-state index contributed by atoms with van der Waals surface area (Å²) in [7, 11) is -2.05. The highest BCUT2D eigenvalue weighted by Gasteiger charge is 2.12. The van der Waals surface area contributed by atoms with Crippen molar-refractivity contribution in [2.45, 2.75) is 12.3 Å². The van der Waals surface area contributed by atoms with Gasteiger partial charge in [0.2, 0.25) is 15.9 Å². The fourth-order valence-electron chi connectivity index (χ4n) is 2.18. The largest absolute Gasteiger partial charge is 0.348 e. The first kappa shape index (κ1) is 20.1. The second kappa shape index (κ2) is 8.93. The van der Waals surface area contributed by atoms with Crippen LogP contribution in [0.5, 0.6) is 0 Å². The van der Waals surface area contributed by atoms with Crippen LogP contribution in [-0.4, -0.2) is 21.4 Å². The van der Waals surface area contributed by atoms with E-state index in [2.05, 4.69) is 10.0 Å². The Hall–Kier alpha value is -2.22. The molecule has 0 spiro atoms.